The SMILES string of the molecule is CC(CC(=O)NCCc1ccc(OC(C)C)cc1)NC(=O)c1ccccc1. The third-order valence-electron chi connectivity index (χ3n) is 3.94. The molecule has 0 spiro atoms. The monoisotopic (exact) mass is 368 g/mol. The molecule has 0 radical (unpaired) electrons. The summed E-state index contributed by atoms with van der Waals surface area (Å²) in [5.74, 6) is 0.607. The van der Waals surface area contributed by atoms with Crippen LogP contribution in [0, 0.1) is 0 Å². The number of amides is 2. The van der Waals surface area contributed by atoms with E-state index in [1.165, 1.54) is 0 Å². The van der Waals surface area contributed by atoms with Crippen molar-refractivity contribution in [3.63, 3.8) is 0 Å². The number of hydrogen-bond donors (Lipinski definition) is 2. The largest absolute Gasteiger partial charge is 0.491 e. The van der Waals surface area contributed by atoms with Crippen LogP contribution in [0.3, 0.4) is 0 Å². The first-order valence-electron chi connectivity index (χ1n) is 9.32. The summed E-state index contributed by atoms with van der Waals surface area (Å²) in [4.78, 5) is 24.1. The van der Waals surface area contributed by atoms with Crippen LogP contribution in [0.25, 0.3) is 0 Å². The molecule has 0 aliphatic heterocycles. The lowest BCUT2D eigenvalue weighted by Gasteiger charge is -2.14. The molecule has 0 aromatic heterocycles. The standard InChI is InChI=1S/C22H28N2O3/c1-16(2)27-20-11-9-18(10-12-20)13-14-23-21(25)15-17(3)24-22(26)19-7-5-4-6-8-19/h4-12,16-17H,13-15H2,1-3H3,(H,23,25)(H,24,26). The molecule has 0 saturated carbocycles. The Morgan fingerprint density at radius 3 is 2.26 bits per heavy atom. The molecule has 5 nitrogen and oxygen atoms in total. The van der Waals surface area contributed by atoms with Gasteiger partial charge in [-0.25, -0.2) is 0 Å². The van der Waals surface area contributed by atoms with Crippen molar-refractivity contribution in [2.24, 2.45) is 0 Å². The minimum Gasteiger partial charge on any atom is -0.491 e. The maximum Gasteiger partial charge on any atom is 0.251 e. The van der Waals surface area contributed by atoms with Crippen LogP contribution in [-0.2, 0) is 11.2 Å². The lowest BCUT2D eigenvalue weighted by Crippen LogP contribution is -2.37. The molecule has 0 saturated heterocycles. The molecule has 0 fully saturated rings. The maximum atomic E-state index is 12.1. The van der Waals surface area contributed by atoms with Gasteiger partial charge in [-0.1, -0.05) is 30.3 Å². The summed E-state index contributed by atoms with van der Waals surface area (Å²) in [6.45, 7) is 6.37. The Hall–Kier alpha value is -2.82. The zero-order valence-electron chi connectivity index (χ0n) is 16.2. The van der Waals surface area contributed by atoms with E-state index in [2.05, 4.69) is 10.6 Å². The van der Waals surface area contributed by atoms with Crippen LogP contribution in [0.4, 0.5) is 0 Å². The lowest BCUT2D eigenvalue weighted by atomic mass is 10.1. The zero-order chi connectivity index (χ0) is 19.6. The highest BCUT2D eigenvalue weighted by Crippen LogP contribution is 2.14. The minimum absolute atomic E-state index is 0.0735. The van der Waals surface area contributed by atoms with Gasteiger partial charge in [-0.15, -0.1) is 0 Å². The van der Waals surface area contributed by atoms with Crippen molar-refractivity contribution >= 4 is 11.8 Å². The molecule has 2 rings (SSSR count). The Balaban J connectivity index is 1.69. The quantitative estimate of drug-likeness (QED) is 0.713. The van der Waals surface area contributed by atoms with E-state index in [1.807, 2.05) is 63.2 Å². The molecule has 27 heavy (non-hydrogen) atoms. The van der Waals surface area contributed by atoms with Crippen LogP contribution < -0.4 is 15.4 Å². The van der Waals surface area contributed by atoms with Gasteiger partial charge in [-0.2, -0.15) is 0 Å². The second kappa shape index (κ2) is 10.4. The maximum absolute atomic E-state index is 12.1. The van der Waals surface area contributed by atoms with Crippen molar-refractivity contribution in [3.05, 3.63) is 65.7 Å². The molecule has 0 bridgehead atoms. The fourth-order valence-electron chi connectivity index (χ4n) is 2.65. The molecule has 144 valence electrons. The van der Waals surface area contributed by atoms with Crippen molar-refractivity contribution in [1.82, 2.24) is 10.6 Å². The summed E-state index contributed by atoms with van der Waals surface area (Å²) >= 11 is 0. The van der Waals surface area contributed by atoms with Gasteiger partial charge in [0.25, 0.3) is 5.91 Å². The minimum atomic E-state index is -0.231. The van der Waals surface area contributed by atoms with E-state index < -0.39 is 0 Å². The summed E-state index contributed by atoms with van der Waals surface area (Å²) in [5, 5.41) is 5.74. The van der Waals surface area contributed by atoms with Gasteiger partial charge < -0.3 is 15.4 Å². The molecule has 5 heteroatoms. The van der Waals surface area contributed by atoms with Gasteiger partial charge in [-0.05, 0) is 57.0 Å². The number of benzene rings is 2. The average molecular weight is 368 g/mol. The van der Waals surface area contributed by atoms with Crippen molar-refractivity contribution < 1.29 is 14.3 Å². The van der Waals surface area contributed by atoms with E-state index in [0.29, 0.717) is 12.1 Å². The number of ether oxygens (including phenoxy) is 1. The van der Waals surface area contributed by atoms with E-state index >= 15 is 0 Å². The number of hydrogen-bond acceptors (Lipinski definition) is 3. The first-order chi connectivity index (χ1) is 12.9. The van der Waals surface area contributed by atoms with Crippen LogP contribution in [0.2, 0.25) is 0 Å². The molecule has 0 aliphatic carbocycles. The fraction of sp³-hybridized carbons (Fsp3) is 0.364. The number of carbonyl (C=O) groups excluding carboxylic acids is 2. The zero-order valence-corrected chi connectivity index (χ0v) is 16.2. The molecule has 2 N–H and O–H groups in total. The molecular formula is C22H28N2O3. The average Bonchev–Trinajstić information content (AvgIpc) is 2.63. The molecule has 2 amide bonds. The van der Waals surface area contributed by atoms with Gasteiger partial charge in [0.1, 0.15) is 5.75 Å². The summed E-state index contributed by atoms with van der Waals surface area (Å²) in [7, 11) is 0. The van der Waals surface area contributed by atoms with Crippen molar-refractivity contribution in [3.8, 4) is 5.75 Å². The summed E-state index contributed by atoms with van der Waals surface area (Å²) in [6, 6.07) is 16.7. The Kier molecular flexibility index (Phi) is 7.86. The van der Waals surface area contributed by atoms with Crippen LogP contribution in [0.15, 0.2) is 54.6 Å². The van der Waals surface area contributed by atoms with Gasteiger partial charge >= 0.3 is 0 Å². The number of carbonyl (C=O) groups is 2. The molecule has 0 heterocycles. The van der Waals surface area contributed by atoms with E-state index in [9.17, 15) is 9.59 Å². The highest BCUT2D eigenvalue weighted by atomic mass is 16.5. The first kappa shape index (κ1) is 20.5. The van der Waals surface area contributed by atoms with Gasteiger partial charge in [0, 0.05) is 24.6 Å². The molecule has 1 unspecified atom stereocenters. The second-order valence-electron chi connectivity index (χ2n) is 6.86. The lowest BCUT2D eigenvalue weighted by molar-refractivity contribution is -0.121. The second-order valence-corrected chi connectivity index (χ2v) is 6.86. The van der Waals surface area contributed by atoms with E-state index in [0.717, 1.165) is 17.7 Å². The summed E-state index contributed by atoms with van der Waals surface area (Å²) in [6.07, 6.45) is 1.15. The van der Waals surface area contributed by atoms with Crippen LogP contribution >= 0.6 is 0 Å². The Labute approximate surface area is 161 Å². The molecule has 2 aromatic carbocycles. The van der Waals surface area contributed by atoms with E-state index in [4.69, 9.17) is 4.74 Å². The van der Waals surface area contributed by atoms with Gasteiger partial charge in [0.05, 0.1) is 6.10 Å². The number of rotatable bonds is 9. The van der Waals surface area contributed by atoms with Crippen LogP contribution in [0.1, 0.15) is 43.1 Å². The van der Waals surface area contributed by atoms with E-state index in [1.54, 1.807) is 12.1 Å². The van der Waals surface area contributed by atoms with Gasteiger partial charge in [0.15, 0.2) is 0 Å². The Morgan fingerprint density at radius 2 is 1.63 bits per heavy atom. The van der Waals surface area contributed by atoms with Crippen molar-refractivity contribution in [2.75, 3.05) is 6.54 Å². The van der Waals surface area contributed by atoms with Gasteiger partial charge in [-0.3, -0.25) is 9.59 Å². The number of nitrogens with one attached hydrogen (secondary N) is 2. The molecule has 0 aliphatic rings. The van der Waals surface area contributed by atoms with Crippen LogP contribution in [-0.4, -0.2) is 30.5 Å². The Morgan fingerprint density at radius 1 is 0.963 bits per heavy atom. The van der Waals surface area contributed by atoms with Crippen molar-refractivity contribution in [1.29, 1.82) is 0 Å². The molecule has 2 aromatic rings. The predicted octanol–water partition coefficient (Wildman–Crippen LogP) is 3.34. The smallest absolute Gasteiger partial charge is 0.251 e. The fourth-order valence-corrected chi connectivity index (χ4v) is 2.65. The van der Waals surface area contributed by atoms with E-state index in [-0.39, 0.29) is 30.4 Å². The van der Waals surface area contributed by atoms with Crippen molar-refractivity contribution in [2.45, 2.75) is 45.8 Å². The normalized spacial score (nSPS) is 11.7. The van der Waals surface area contributed by atoms with Crippen LogP contribution in [0.5, 0.6) is 5.75 Å². The van der Waals surface area contributed by atoms with Gasteiger partial charge in [0.2, 0.25) is 5.91 Å². The Bertz CT molecular complexity index is 727. The topological polar surface area (TPSA) is 67.4 Å². The predicted molar refractivity (Wildman–Crippen MR) is 107 cm³/mol. The third kappa shape index (κ3) is 7.52. The highest BCUT2D eigenvalue weighted by Gasteiger charge is 2.12. The highest BCUT2D eigenvalue weighted by molar-refractivity contribution is 5.94. The first-order valence-corrected chi connectivity index (χ1v) is 9.32. The summed E-state index contributed by atoms with van der Waals surface area (Å²) in [5.41, 5.74) is 1.73. The molecular weight excluding hydrogens is 340 g/mol. The summed E-state index contributed by atoms with van der Waals surface area (Å²) < 4.78 is 5.61. The third-order valence-corrected chi connectivity index (χ3v) is 3.94. The molecule has 1 atom stereocenters.